The minimum atomic E-state index is 0.325. The Bertz CT molecular complexity index is 195. The van der Waals surface area contributed by atoms with Gasteiger partial charge in [0.2, 0.25) is 0 Å². The third-order valence-corrected chi connectivity index (χ3v) is 3.68. The lowest BCUT2D eigenvalue weighted by Gasteiger charge is -2.35. The van der Waals surface area contributed by atoms with Gasteiger partial charge in [0.25, 0.3) is 0 Å². The van der Waals surface area contributed by atoms with E-state index < -0.39 is 0 Å². The van der Waals surface area contributed by atoms with Gasteiger partial charge in [0.15, 0.2) is 0 Å². The molecule has 0 radical (unpaired) electrons. The molecule has 0 bridgehead atoms. The quantitative estimate of drug-likeness (QED) is 0.617. The van der Waals surface area contributed by atoms with Crippen LogP contribution in [0.15, 0.2) is 0 Å². The summed E-state index contributed by atoms with van der Waals surface area (Å²) < 4.78 is 1.22. The van der Waals surface area contributed by atoms with Gasteiger partial charge in [0.1, 0.15) is 6.67 Å². The van der Waals surface area contributed by atoms with Crippen molar-refractivity contribution in [2.24, 2.45) is 0 Å². The normalized spacial score (nSPS) is 35.1. The summed E-state index contributed by atoms with van der Waals surface area (Å²) >= 11 is 0. The molecule has 0 spiro atoms. The third kappa shape index (κ3) is 2.29. The van der Waals surface area contributed by atoms with Crippen molar-refractivity contribution in [3.05, 3.63) is 0 Å². The molecular formula is C12H27N2+. The van der Waals surface area contributed by atoms with Crippen LogP contribution in [-0.2, 0) is 0 Å². The summed E-state index contributed by atoms with van der Waals surface area (Å²) in [5.41, 5.74) is 0.325. The average Bonchev–Trinajstić information content (AvgIpc) is 2.43. The molecule has 0 saturated carbocycles. The van der Waals surface area contributed by atoms with E-state index in [0.29, 0.717) is 5.54 Å². The fraction of sp³-hybridized carbons (Fsp3) is 1.00. The average molecular weight is 199 g/mol. The van der Waals surface area contributed by atoms with Gasteiger partial charge < -0.3 is 4.48 Å². The van der Waals surface area contributed by atoms with Crippen molar-refractivity contribution in [2.75, 3.05) is 26.8 Å². The smallest absolute Gasteiger partial charge is 0.135 e. The first kappa shape index (κ1) is 12.0. The number of hydrogen-bond acceptors (Lipinski definition) is 1. The molecule has 1 aliphatic heterocycles. The van der Waals surface area contributed by atoms with Crippen LogP contribution in [0.4, 0.5) is 0 Å². The molecule has 1 fully saturated rings. The highest BCUT2D eigenvalue weighted by Crippen LogP contribution is 2.28. The summed E-state index contributed by atoms with van der Waals surface area (Å²) in [7, 11) is 2.38. The summed E-state index contributed by atoms with van der Waals surface area (Å²) in [5.74, 6) is 0. The molecule has 0 aromatic rings. The lowest BCUT2D eigenvalue weighted by molar-refractivity contribution is -0.901. The zero-order valence-electron chi connectivity index (χ0n) is 10.8. The van der Waals surface area contributed by atoms with Crippen molar-refractivity contribution >= 4 is 0 Å². The fourth-order valence-electron chi connectivity index (χ4n) is 2.49. The maximum Gasteiger partial charge on any atom is 0.135 e. The van der Waals surface area contributed by atoms with Crippen molar-refractivity contribution in [3.8, 4) is 0 Å². The lowest BCUT2D eigenvalue weighted by atomic mass is 10.0. The summed E-state index contributed by atoms with van der Waals surface area (Å²) in [6.45, 7) is 15.4. The van der Waals surface area contributed by atoms with Crippen molar-refractivity contribution in [1.29, 1.82) is 0 Å². The molecule has 1 unspecified atom stereocenters. The Morgan fingerprint density at radius 1 is 1.29 bits per heavy atom. The van der Waals surface area contributed by atoms with E-state index in [9.17, 15) is 0 Å². The molecular weight excluding hydrogens is 172 g/mol. The predicted molar refractivity (Wildman–Crippen MR) is 62.1 cm³/mol. The number of likely N-dealkylation sites (N-methyl/N-ethyl adjacent to an activating group) is 1. The van der Waals surface area contributed by atoms with Crippen molar-refractivity contribution in [3.63, 3.8) is 0 Å². The molecule has 2 atom stereocenters. The first-order valence-electron chi connectivity index (χ1n) is 5.92. The van der Waals surface area contributed by atoms with E-state index in [2.05, 4.69) is 46.6 Å². The van der Waals surface area contributed by atoms with Crippen LogP contribution in [0.2, 0.25) is 0 Å². The van der Waals surface area contributed by atoms with E-state index in [4.69, 9.17) is 0 Å². The second-order valence-electron chi connectivity index (χ2n) is 5.96. The van der Waals surface area contributed by atoms with Gasteiger partial charge in [-0.1, -0.05) is 6.92 Å². The number of quaternary nitrogens is 1. The Morgan fingerprint density at radius 3 is 2.14 bits per heavy atom. The Kier molecular flexibility index (Phi) is 3.27. The number of rotatable bonds is 2. The van der Waals surface area contributed by atoms with Gasteiger partial charge in [0.05, 0.1) is 26.2 Å². The molecule has 84 valence electrons. The Labute approximate surface area is 89.5 Å². The van der Waals surface area contributed by atoms with E-state index in [0.717, 1.165) is 6.04 Å². The fourth-order valence-corrected chi connectivity index (χ4v) is 2.49. The Morgan fingerprint density at radius 2 is 1.86 bits per heavy atom. The Hall–Kier alpha value is -0.0800. The summed E-state index contributed by atoms with van der Waals surface area (Å²) in [6.07, 6.45) is 1.28. The van der Waals surface area contributed by atoms with Gasteiger partial charge in [0, 0.05) is 5.54 Å². The zero-order chi connectivity index (χ0) is 11.0. The van der Waals surface area contributed by atoms with Crippen LogP contribution in [0.1, 0.15) is 41.0 Å². The molecule has 1 heterocycles. The van der Waals surface area contributed by atoms with Gasteiger partial charge in [-0.15, -0.1) is 0 Å². The molecule has 0 amide bonds. The van der Waals surface area contributed by atoms with Gasteiger partial charge in [-0.3, -0.25) is 0 Å². The van der Waals surface area contributed by atoms with Crippen molar-refractivity contribution in [1.82, 2.24) is 4.90 Å². The van der Waals surface area contributed by atoms with Crippen LogP contribution in [-0.4, -0.2) is 47.8 Å². The molecule has 14 heavy (non-hydrogen) atoms. The van der Waals surface area contributed by atoms with Crippen LogP contribution < -0.4 is 0 Å². The van der Waals surface area contributed by atoms with Crippen LogP contribution in [0.5, 0.6) is 0 Å². The molecule has 0 aromatic heterocycles. The van der Waals surface area contributed by atoms with E-state index in [1.807, 2.05) is 0 Å². The predicted octanol–water partition coefficient (Wildman–Crippen LogP) is 2.30. The van der Waals surface area contributed by atoms with E-state index >= 15 is 0 Å². The third-order valence-electron chi connectivity index (χ3n) is 3.68. The van der Waals surface area contributed by atoms with E-state index in [1.165, 1.54) is 30.7 Å². The van der Waals surface area contributed by atoms with Gasteiger partial charge >= 0.3 is 0 Å². The largest absolute Gasteiger partial charge is 0.312 e. The second kappa shape index (κ2) is 3.82. The highest BCUT2D eigenvalue weighted by molar-refractivity contribution is 4.84. The molecule has 0 N–H and O–H groups in total. The monoisotopic (exact) mass is 199 g/mol. The molecule has 0 aliphatic carbocycles. The van der Waals surface area contributed by atoms with Crippen molar-refractivity contribution in [2.45, 2.75) is 52.6 Å². The Balaban J connectivity index is 2.78. The second-order valence-corrected chi connectivity index (χ2v) is 5.96. The summed E-state index contributed by atoms with van der Waals surface area (Å²) in [5, 5.41) is 0. The maximum atomic E-state index is 2.68. The SMILES string of the molecule is CCC1C[N@@+](C)(CC)CN1C(C)(C)C. The first-order chi connectivity index (χ1) is 6.32. The van der Waals surface area contributed by atoms with Crippen LogP contribution >= 0.6 is 0 Å². The minimum Gasteiger partial charge on any atom is -0.312 e. The maximum absolute atomic E-state index is 2.68. The summed E-state index contributed by atoms with van der Waals surface area (Å²) in [6, 6.07) is 0.778. The minimum absolute atomic E-state index is 0.325. The summed E-state index contributed by atoms with van der Waals surface area (Å²) in [4.78, 5) is 2.68. The molecule has 1 aliphatic rings. The van der Waals surface area contributed by atoms with Crippen LogP contribution in [0, 0.1) is 0 Å². The van der Waals surface area contributed by atoms with Crippen molar-refractivity contribution < 1.29 is 4.48 Å². The van der Waals surface area contributed by atoms with E-state index in [1.54, 1.807) is 0 Å². The highest BCUT2D eigenvalue weighted by atomic mass is 15.5. The molecule has 1 rings (SSSR count). The van der Waals surface area contributed by atoms with Gasteiger partial charge in [-0.25, -0.2) is 4.90 Å². The standard InChI is InChI=1S/C12H27N2/c1-7-11-9-14(6,8-2)10-13(11)12(3,4)5/h11H,7-10H2,1-6H3/q+1/t11?,14-/m1/s1. The van der Waals surface area contributed by atoms with Gasteiger partial charge in [-0.05, 0) is 34.1 Å². The zero-order valence-corrected chi connectivity index (χ0v) is 10.8. The molecule has 2 nitrogen and oxygen atoms in total. The molecule has 1 saturated heterocycles. The van der Waals surface area contributed by atoms with Crippen LogP contribution in [0.3, 0.4) is 0 Å². The molecule has 2 heteroatoms. The highest BCUT2D eigenvalue weighted by Gasteiger charge is 2.43. The van der Waals surface area contributed by atoms with Crippen LogP contribution in [0.25, 0.3) is 0 Å². The van der Waals surface area contributed by atoms with Gasteiger partial charge in [-0.2, -0.15) is 0 Å². The topological polar surface area (TPSA) is 3.24 Å². The number of hydrogen-bond donors (Lipinski definition) is 0. The molecule has 0 aromatic carbocycles. The first-order valence-corrected chi connectivity index (χ1v) is 5.92. The van der Waals surface area contributed by atoms with E-state index in [-0.39, 0.29) is 0 Å². The lowest BCUT2D eigenvalue weighted by Crippen LogP contribution is -2.47. The number of nitrogens with zero attached hydrogens (tertiary/aromatic N) is 2.